The fourth-order valence-corrected chi connectivity index (χ4v) is 2.04. The molecule has 100 valence electrons. The molecule has 1 nitrogen and oxygen atoms in total. The number of para-hydroxylation sites is 1. The number of ether oxygens (including phenoxy) is 1. The minimum Gasteiger partial charge on any atom is -0.491 e. The summed E-state index contributed by atoms with van der Waals surface area (Å²) >= 11 is 0. The van der Waals surface area contributed by atoms with Crippen molar-refractivity contribution in [1.29, 1.82) is 0 Å². The van der Waals surface area contributed by atoms with Crippen LogP contribution in [0, 0.1) is 0 Å². The number of hydrogen-bond donors (Lipinski definition) is 0. The van der Waals surface area contributed by atoms with Crippen molar-refractivity contribution in [2.24, 2.45) is 0 Å². The number of benzene rings is 1. The Morgan fingerprint density at radius 3 is 2.44 bits per heavy atom. The van der Waals surface area contributed by atoms with Gasteiger partial charge in [0, 0.05) is 0 Å². The first-order chi connectivity index (χ1) is 8.83. The maximum absolute atomic E-state index is 5.85. The first-order valence-electron chi connectivity index (χ1n) is 7.15. The van der Waals surface area contributed by atoms with Gasteiger partial charge in [0.25, 0.3) is 0 Å². The molecule has 0 aliphatic rings. The minimum atomic E-state index is 0.320. The van der Waals surface area contributed by atoms with Crippen LogP contribution in [0.2, 0.25) is 0 Å². The van der Waals surface area contributed by atoms with Crippen molar-refractivity contribution in [3.8, 4) is 5.75 Å². The van der Waals surface area contributed by atoms with Crippen molar-refractivity contribution in [3.63, 3.8) is 0 Å². The topological polar surface area (TPSA) is 9.23 Å². The molecule has 1 aromatic rings. The highest BCUT2D eigenvalue weighted by Gasteiger charge is 2.03. The lowest BCUT2D eigenvalue weighted by Gasteiger charge is -2.14. The van der Waals surface area contributed by atoms with Gasteiger partial charge in [-0.2, -0.15) is 0 Å². The second-order valence-electron chi connectivity index (χ2n) is 4.88. The van der Waals surface area contributed by atoms with Crippen molar-refractivity contribution < 1.29 is 4.74 Å². The molecule has 0 aromatic heterocycles. The lowest BCUT2D eigenvalue weighted by Crippen LogP contribution is -2.11. The van der Waals surface area contributed by atoms with Crippen LogP contribution in [0.5, 0.6) is 5.75 Å². The highest BCUT2D eigenvalue weighted by molar-refractivity contribution is 5.21. The van der Waals surface area contributed by atoms with Crippen molar-refractivity contribution in [2.75, 3.05) is 0 Å². The van der Waals surface area contributed by atoms with Crippen LogP contribution in [0.3, 0.4) is 0 Å². The molecule has 0 saturated carbocycles. The summed E-state index contributed by atoms with van der Waals surface area (Å²) in [6.45, 7) is 5.90. The van der Waals surface area contributed by atoms with E-state index in [1.54, 1.807) is 0 Å². The maximum Gasteiger partial charge on any atom is 0.119 e. The van der Waals surface area contributed by atoms with E-state index in [0.29, 0.717) is 6.10 Å². The highest BCUT2D eigenvalue weighted by Crippen LogP contribution is 2.15. The maximum atomic E-state index is 5.85. The smallest absolute Gasteiger partial charge is 0.119 e. The van der Waals surface area contributed by atoms with Gasteiger partial charge >= 0.3 is 0 Å². The lowest BCUT2D eigenvalue weighted by atomic mass is 10.1. The summed E-state index contributed by atoms with van der Waals surface area (Å²) in [7, 11) is 0. The predicted octanol–water partition coefficient (Wildman–Crippen LogP) is 5.37. The van der Waals surface area contributed by atoms with E-state index in [4.69, 9.17) is 4.74 Å². The first kappa shape index (κ1) is 14.8. The highest BCUT2D eigenvalue weighted by atomic mass is 16.5. The number of rotatable bonds is 10. The predicted molar refractivity (Wildman–Crippen MR) is 79.0 cm³/mol. The molecule has 0 aliphatic carbocycles. The van der Waals surface area contributed by atoms with E-state index < -0.39 is 0 Å². The average molecular weight is 246 g/mol. The third-order valence-corrected chi connectivity index (χ3v) is 3.10. The van der Waals surface area contributed by atoms with Gasteiger partial charge in [-0.1, -0.05) is 43.5 Å². The monoisotopic (exact) mass is 246 g/mol. The van der Waals surface area contributed by atoms with E-state index in [0.717, 1.165) is 18.6 Å². The standard InChI is InChI=1S/C17H26O/c1-3-4-5-6-7-8-10-13-16(2)18-17-14-11-9-12-15-17/h3,9,11-12,14-16H,1,4-8,10,13H2,2H3. The fraction of sp³-hybridized carbons (Fsp3) is 0.529. The second-order valence-corrected chi connectivity index (χ2v) is 4.88. The van der Waals surface area contributed by atoms with Crippen LogP contribution < -0.4 is 4.74 Å². The summed E-state index contributed by atoms with van der Waals surface area (Å²) in [6, 6.07) is 10.1. The molecule has 0 aliphatic heterocycles. The average Bonchev–Trinajstić information content (AvgIpc) is 2.39. The van der Waals surface area contributed by atoms with Crippen molar-refractivity contribution in [1.82, 2.24) is 0 Å². The zero-order valence-electron chi connectivity index (χ0n) is 11.6. The Morgan fingerprint density at radius 2 is 1.72 bits per heavy atom. The number of hydrogen-bond acceptors (Lipinski definition) is 1. The van der Waals surface area contributed by atoms with Crippen molar-refractivity contribution in [2.45, 2.75) is 58.0 Å². The summed E-state index contributed by atoms with van der Waals surface area (Å²) < 4.78 is 5.85. The molecule has 0 heterocycles. The van der Waals surface area contributed by atoms with E-state index in [9.17, 15) is 0 Å². The zero-order chi connectivity index (χ0) is 13.1. The van der Waals surface area contributed by atoms with Crippen LogP contribution >= 0.6 is 0 Å². The molecule has 18 heavy (non-hydrogen) atoms. The van der Waals surface area contributed by atoms with Gasteiger partial charge < -0.3 is 4.74 Å². The number of allylic oxidation sites excluding steroid dienone is 1. The van der Waals surface area contributed by atoms with E-state index in [2.05, 4.69) is 13.5 Å². The molecule has 1 rings (SSSR count). The Kier molecular flexibility index (Phi) is 8.03. The molecule has 0 N–H and O–H groups in total. The normalized spacial score (nSPS) is 12.1. The molecular weight excluding hydrogens is 220 g/mol. The van der Waals surface area contributed by atoms with Crippen LogP contribution in [0.4, 0.5) is 0 Å². The van der Waals surface area contributed by atoms with Gasteiger partial charge in [0.05, 0.1) is 6.10 Å². The van der Waals surface area contributed by atoms with Gasteiger partial charge in [0.2, 0.25) is 0 Å². The van der Waals surface area contributed by atoms with Gasteiger partial charge in [-0.3, -0.25) is 0 Å². The minimum absolute atomic E-state index is 0.320. The molecule has 0 fully saturated rings. The summed E-state index contributed by atoms with van der Waals surface area (Å²) in [5, 5.41) is 0. The summed E-state index contributed by atoms with van der Waals surface area (Å²) in [4.78, 5) is 0. The zero-order valence-corrected chi connectivity index (χ0v) is 11.6. The van der Waals surface area contributed by atoms with Crippen molar-refractivity contribution in [3.05, 3.63) is 43.0 Å². The summed E-state index contributed by atoms with van der Waals surface area (Å²) in [5.74, 6) is 0.982. The lowest BCUT2D eigenvalue weighted by molar-refractivity contribution is 0.206. The van der Waals surface area contributed by atoms with Crippen LogP contribution in [-0.4, -0.2) is 6.10 Å². The van der Waals surface area contributed by atoms with Gasteiger partial charge in [0.15, 0.2) is 0 Å². The molecule has 1 aromatic carbocycles. The van der Waals surface area contributed by atoms with Gasteiger partial charge in [0.1, 0.15) is 5.75 Å². The van der Waals surface area contributed by atoms with Gasteiger partial charge in [-0.25, -0.2) is 0 Å². The molecule has 0 bridgehead atoms. The first-order valence-corrected chi connectivity index (χ1v) is 7.15. The van der Waals surface area contributed by atoms with Gasteiger partial charge in [-0.15, -0.1) is 6.58 Å². The van der Waals surface area contributed by atoms with Crippen LogP contribution in [0.1, 0.15) is 51.9 Å². The van der Waals surface area contributed by atoms with E-state index in [1.807, 2.05) is 36.4 Å². The molecule has 0 radical (unpaired) electrons. The SMILES string of the molecule is C=CCCCCCCCC(C)Oc1ccccc1. The largest absolute Gasteiger partial charge is 0.491 e. The quantitative estimate of drug-likeness (QED) is 0.398. The Morgan fingerprint density at radius 1 is 1.06 bits per heavy atom. The molecule has 0 amide bonds. The van der Waals surface area contributed by atoms with Crippen molar-refractivity contribution >= 4 is 0 Å². The molecule has 1 atom stereocenters. The molecule has 1 heteroatoms. The van der Waals surface area contributed by atoms with Crippen LogP contribution in [-0.2, 0) is 0 Å². The van der Waals surface area contributed by atoms with Crippen LogP contribution in [0.25, 0.3) is 0 Å². The van der Waals surface area contributed by atoms with E-state index in [1.165, 1.54) is 32.1 Å². The fourth-order valence-electron chi connectivity index (χ4n) is 2.04. The Balaban J connectivity index is 2.00. The summed E-state index contributed by atoms with van der Waals surface area (Å²) in [5.41, 5.74) is 0. The summed E-state index contributed by atoms with van der Waals surface area (Å²) in [6.07, 6.45) is 11.2. The molecule has 1 unspecified atom stereocenters. The van der Waals surface area contributed by atoms with E-state index in [-0.39, 0.29) is 0 Å². The third kappa shape index (κ3) is 7.16. The second kappa shape index (κ2) is 9.76. The Bertz CT molecular complexity index is 305. The Labute approximate surface area is 112 Å². The van der Waals surface area contributed by atoms with E-state index >= 15 is 0 Å². The molecule has 0 saturated heterocycles. The third-order valence-electron chi connectivity index (χ3n) is 3.10. The number of unbranched alkanes of at least 4 members (excludes halogenated alkanes) is 5. The molecule has 0 spiro atoms. The van der Waals surface area contributed by atoms with Gasteiger partial charge in [-0.05, 0) is 44.7 Å². The molecular formula is C17H26O. The van der Waals surface area contributed by atoms with Crippen LogP contribution in [0.15, 0.2) is 43.0 Å². The Hall–Kier alpha value is -1.24.